The molecule has 2 aromatic carbocycles. The molecule has 0 aliphatic heterocycles. The SMILES string of the molecule is C1=Cc2cccc3cccc1c23.C=C(C)C(=O)O. The zero-order valence-electron chi connectivity index (χ0n) is 10.2. The summed E-state index contributed by atoms with van der Waals surface area (Å²) in [4.78, 5) is 9.60. The highest BCUT2D eigenvalue weighted by Gasteiger charge is 2.06. The number of aliphatic carboxylic acids is 1. The van der Waals surface area contributed by atoms with Gasteiger partial charge in [-0.3, -0.25) is 0 Å². The summed E-state index contributed by atoms with van der Waals surface area (Å²) in [5.74, 6) is -0.935. The van der Waals surface area contributed by atoms with Gasteiger partial charge in [0.2, 0.25) is 0 Å². The normalized spacial score (nSPS) is 10.9. The lowest BCUT2D eigenvalue weighted by atomic mass is 10.0. The number of hydrogen-bond acceptors (Lipinski definition) is 1. The lowest BCUT2D eigenvalue weighted by Gasteiger charge is -1.99. The zero-order valence-corrected chi connectivity index (χ0v) is 10.2. The van der Waals surface area contributed by atoms with Crippen LogP contribution in [0.1, 0.15) is 18.1 Å². The minimum absolute atomic E-state index is 0.176. The molecule has 2 heteroatoms. The molecular weight excluding hydrogens is 224 g/mol. The van der Waals surface area contributed by atoms with Crippen LogP contribution < -0.4 is 0 Å². The maximum Gasteiger partial charge on any atom is 0.330 e. The second kappa shape index (κ2) is 4.88. The second-order valence-electron chi connectivity index (χ2n) is 4.21. The van der Waals surface area contributed by atoms with Gasteiger partial charge in [-0.25, -0.2) is 4.79 Å². The molecule has 0 bridgehead atoms. The van der Waals surface area contributed by atoms with Crippen LogP contribution in [0.25, 0.3) is 22.9 Å². The predicted molar refractivity (Wildman–Crippen MR) is 75.3 cm³/mol. The van der Waals surface area contributed by atoms with Gasteiger partial charge in [0.25, 0.3) is 0 Å². The summed E-state index contributed by atoms with van der Waals surface area (Å²) in [5.41, 5.74) is 2.88. The Morgan fingerprint density at radius 2 is 1.50 bits per heavy atom. The average Bonchev–Trinajstić information content (AvgIpc) is 2.76. The molecule has 0 atom stereocenters. The van der Waals surface area contributed by atoms with E-state index in [1.54, 1.807) is 0 Å². The van der Waals surface area contributed by atoms with Crippen molar-refractivity contribution in [2.45, 2.75) is 6.92 Å². The molecule has 0 radical (unpaired) electrons. The second-order valence-corrected chi connectivity index (χ2v) is 4.21. The van der Waals surface area contributed by atoms with Gasteiger partial charge in [-0.1, -0.05) is 55.1 Å². The summed E-state index contributed by atoms with van der Waals surface area (Å²) in [6.45, 7) is 4.60. The van der Waals surface area contributed by atoms with Crippen molar-refractivity contribution in [2.75, 3.05) is 0 Å². The van der Waals surface area contributed by atoms with E-state index in [0.29, 0.717) is 0 Å². The van der Waals surface area contributed by atoms with E-state index < -0.39 is 5.97 Å². The van der Waals surface area contributed by atoms with Gasteiger partial charge in [0.1, 0.15) is 0 Å². The molecule has 3 rings (SSSR count). The van der Waals surface area contributed by atoms with E-state index in [-0.39, 0.29) is 5.57 Å². The molecule has 2 aromatic rings. The maximum atomic E-state index is 9.60. The van der Waals surface area contributed by atoms with Crippen molar-refractivity contribution < 1.29 is 9.90 Å². The first-order chi connectivity index (χ1) is 8.59. The fraction of sp³-hybridized carbons (Fsp3) is 0.0625. The monoisotopic (exact) mass is 238 g/mol. The van der Waals surface area contributed by atoms with E-state index >= 15 is 0 Å². The molecule has 0 saturated carbocycles. The molecule has 90 valence electrons. The lowest BCUT2D eigenvalue weighted by Crippen LogP contribution is -1.92. The van der Waals surface area contributed by atoms with Crippen molar-refractivity contribution in [1.29, 1.82) is 0 Å². The van der Waals surface area contributed by atoms with Crippen molar-refractivity contribution in [1.82, 2.24) is 0 Å². The molecule has 0 aromatic heterocycles. The molecule has 1 aliphatic carbocycles. The van der Waals surface area contributed by atoms with Crippen LogP contribution in [-0.4, -0.2) is 11.1 Å². The number of carbonyl (C=O) groups is 1. The van der Waals surface area contributed by atoms with E-state index in [2.05, 4.69) is 55.1 Å². The molecule has 0 saturated heterocycles. The molecule has 1 N–H and O–H groups in total. The van der Waals surface area contributed by atoms with Crippen molar-refractivity contribution in [3.63, 3.8) is 0 Å². The third-order valence-corrected chi connectivity index (χ3v) is 2.78. The Bertz CT molecular complexity index is 598. The third kappa shape index (κ3) is 2.33. The highest BCUT2D eigenvalue weighted by molar-refractivity contribution is 6.04. The number of carboxylic acids is 1. The van der Waals surface area contributed by atoms with Gasteiger partial charge in [-0.05, 0) is 28.8 Å². The number of carboxylic acid groups (broad SMARTS) is 1. The Hall–Kier alpha value is -2.35. The van der Waals surface area contributed by atoms with Gasteiger partial charge < -0.3 is 5.11 Å². The van der Waals surface area contributed by atoms with E-state index in [1.165, 1.54) is 28.8 Å². The van der Waals surface area contributed by atoms with Gasteiger partial charge in [-0.2, -0.15) is 0 Å². The summed E-state index contributed by atoms with van der Waals surface area (Å²) in [7, 11) is 0. The Balaban J connectivity index is 0.000000174. The van der Waals surface area contributed by atoms with Crippen LogP contribution in [0, 0.1) is 0 Å². The van der Waals surface area contributed by atoms with Crippen LogP contribution in [0.3, 0.4) is 0 Å². The molecule has 1 aliphatic rings. The average molecular weight is 238 g/mol. The van der Waals surface area contributed by atoms with Crippen molar-refractivity contribution >= 4 is 28.9 Å². The van der Waals surface area contributed by atoms with Crippen LogP contribution in [0.2, 0.25) is 0 Å². The lowest BCUT2D eigenvalue weighted by molar-refractivity contribution is -0.132. The molecule has 0 unspecified atom stereocenters. The molecular formula is C16H14O2. The van der Waals surface area contributed by atoms with Gasteiger partial charge >= 0.3 is 5.97 Å². The van der Waals surface area contributed by atoms with Crippen LogP contribution in [0.5, 0.6) is 0 Å². The fourth-order valence-corrected chi connectivity index (χ4v) is 1.86. The van der Waals surface area contributed by atoms with Crippen LogP contribution in [-0.2, 0) is 4.79 Å². The van der Waals surface area contributed by atoms with Crippen molar-refractivity contribution in [3.05, 3.63) is 59.7 Å². The molecule has 0 heterocycles. The third-order valence-electron chi connectivity index (χ3n) is 2.78. The first-order valence-electron chi connectivity index (χ1n) is 5.68. The molecule has 0 amide bonds. The molecule has 2 nitrogen and oxygen atoms in total. The van der Waals surface area contributed by atoms with Gasteiger partial charge in [0, 0.05) is 5.57 Å². The van der Waals surface area contributed by atoms with Crippen molar-refractivity contribution in [2.24, 2.45) is 0 Å². The highest BCUT2D eigenvalue weighted by atomic mass is 16.4. The molecule has 0 fully saturated rings. The van der Waals surface area contributed by atoms with E-state index in [1.807, 2.05) is 0 Å². The standard InChI is InChI=1S/C12H8.C4H6O2/c1-3-9-4-2-6-11-8-7-10(5-1)12(9)11;1-3(2)4(5)6/h1-8H;1H2,2H3,(H,5,6). The highest BCUT2D eigenvalue weighted by Crippen LogP contribution is 2.30. The molecule has 18 heavy (non-hydrogen) atoms. The summed E-state index contributed by atoms with van der Waals surface area (Å²) in [5, 5.41) is 10.6. The first kappa shape index (κ1) is 12.1. The van der Waals surface area contributed by atoms with E-state index in [0.717, 1.165) is 0 Å². The smallest absolute Gasteiger partial charge is 0.330 e. The fourth-order valence-electron chi connectivity index (χ4n) is 1.86. The Kier molecular flexibility index (Phi) is 3.28. The minimum atomic E-state index is -0.935. The maximum absolute atomic E-state index is 9.60. The first-order valence-corrected chi connectivity index (χ1v) is 5.68. The van der Waals surface area contributed by atoms with Crippen molar-refractivity contribution in [3.8, 4) is 0 Å². The summed E-state index contributed by atoms with van der Waals surface area (Å²) < 4.78 is 0. The van der Waals surface area contributed by atoms with Gasteiger partial charge in [-0.15, -0.1) is 0 Å². The van der Waals surface area contributed by atoms with Crippen LogP contribution in [0.4, 0.5) is 0 Å². The van der Waals surface area contributed by atoms with E-state index in [4.69, 9.17) is 5.11 Å². The van der Waals surface area contributed by atoms with E-state index in [9.17, 15) is 4.79 Å². The summed E-state index contributed by atoms with van der Waals surface area (Å²) in [6, 6.07) is 12.9. The zero-order chi connectivity index (χ0) is 13.1. The largest absolute Gasteiger partial charge is 0.478 e. The Labute approximate surface area is 106 Å². The predicted octanol–water partition coefficient (Wildman–Crippen LogP) is 3.97. The Morgan fingerprint density at radius 1 is 1.06 bits per heavy atom. The van der Waals surface area contributed by atoms with Crippen LogP contribution >= 0.6 is 0 Å². The van der Waals surface area contributed by atoms with Gasteiger partial charge in [0.15, 0.2) is 0 Å². The number of benzene rings is 2. The Morgan fingerprint density at radius 3 is 1.89 bits per heavy atom. The topological polar surface area (TPSA) is 37.3 Å². The summed E-state index contributed by atoms with van der Waals surface area (Å²) >= 11 is 0. The van der Waals surface area contributed by atoms with Gasteiger partial charge in [0.05, 0.1) is 0 Å². The number of hydrogen-bond donors (Lipinski definition) is 1. The quantitative estimate of drug-likeness (QED) is 0.651. The summed E-state index contributed by atoms with van der Waals surface area (Å²) in [6.07, 6.45) is 4.36. The number of rotatable bonds is 1. The minimum Gasteiger partial charge on any atom is -0.478 e. The van der Waals surface area contributed by atoms with Crippen LogP contribution in [0.15, 0.2) is 48.6 Å². The molecule has 0 spiro atoms.